The molecule has 0 saturated heterocycles. The van der Waals surface area contributed by atoms with Crippen molar-refractivity contribution in [1.82, 2.24) is 9.97 Å². The van der Waals surface area contributed by atoms with Gasteiger partial charge in [0.1, 0.15) is 12.1 Å². The van der Waals surface area contributed by atoms with Crippen molar-refractivity contribution in [3.8, 4) is 0 Å². The normalized spacial score (nSPS) is 29.0. The molecular formula is C12H18IN3O. The van der Waals surface area contributed by atoms with Crippen molar-refractivity contribution < 1.29 is 5.11 Å². The molecule has 5 heteroatoms. The molecule has 0 aliphatic heterocycles. The Balaban J connectivity index is 1.95. The average Bonchev–Trinajstić information content (AvgIpc) is 2.28. The number of hydrogen-bond donors (Lipinski definition) is 2. The van der Waals surface area contributed by atoms with Gasteiger partial charge in [-0.25, -0.2) is 9.97 Å². The maximum absolute atomic E-state index is 10.5. The van der Waals surface area contributed by atoms with Crippen LogP contribution in [-0.2, 0) is 0 Å². The quantitative estimate of drug-likeness (QED) is 0.825. The Morgan fingerprint density at radius 3 is 3.18 bits per heavy atom. The van der Waals surface area contributed by atoms with E-state index >= 15 is 0 Å². The van der Waals surface area contributed by atoms with Gasteiger partial charge in [-0.3, -0.25) is 0 Å². The maximum atomic E-state index is 10.5. The molecule has 4 nitrogen and oxygen atoms in total. The van der Waals surface area contributed by atoms with Crippen LogP contribution in [0.1, 0.15) is 32.6 Å². The fourth-order valence-electron chi connectivity index (χ4n) is 2.48. The molecule has 2 rings (SSSR count). The summed E-state index contributed by atoms with van der Waals surface area (Å²) >= 11 is 2.19. The predicted octanol–water partition coefficient (Wildman–Crippen LogP) is 2.43. The number of aliphatic hydroxyl groups is 1. The van der Waals surface area contributed by atoms with Gasteiger partial charge in [-0.15, -0.1) is 0 Å². The monoisotopic (exact) mass is 347 g/mol. The van der Waals surface area contributed by atoms with Crippen LogP contribution in [0, 0.1) is 9.49 Å². The van der Waals surface area contributed by atoms with E-state index in [1.54, 1.807) is 6.20 Å². The Labute approximate surface area is 115 Å². The van der Waals surface area contributed by atoms with Gasteiger partial charge in [0, 0.05) is 12.7 Å². The SMILES string of the molecule is CC1CCCC(O)(CNc2ncncc2I)C1. The van der Waals surface area contributed by atoms with Gasteiger partial charge in [0.25, 0.3) is 0 Å². The van der Waals surface area contributed by atoms with Gasteiger partial charge in [-0.1, -0.05) is 19.8 Å². The number of anilines is 1. The molecule has 1 aliphatic carbocycles. The molecule has 1 aromatic heterocycles. The number of rotatable bonds is 3. The molecule has 0 spiro atoms. The van der Waals surface area contributed by atoms with Gasteiger partial charge in [-0.05, 0) is 41.4 Å². The zero-order valence-electron chi connectivity index (χ0n) is 9.99. The Bertz CT molecular complexity index is 388. The van der Waals surface area contributed by atoms with Crippen LogP contribution < -0.4 is 5.32 Å². The van der Waals surface area contributed by atoms with Gasteiger partial charge in [0.15, 0.2) is 0 Å². The predicted molar refractivity (Wildman–Crippen MR) is 75.8 cm³/mol. The van der Waals surface area contributed by atoms with Crippen molar-refractivity contribution in [2.24, 2.45) is 5.92 Å². The third kappa shape index (κ3) is 3.51. The molecule has 94 valence electrons. The van der Waals surface area contributed by atoms with Crippen molar-refractivity contribution in [3.63, 3.8) is 0 Å². The summed E-state index contributed by atoms with van der Waals surface area (Å²) in [6.07, 6.45) is 7.39. The lowest BCUT2D eigenvalue weighted by Gasteiger charge is -2.35. The van der Waals surface area contributed by atoms with Crippen LogP contribution in [0.15, 0.2) is 12.5 Å². The molecule has 1 heterocycles. The highest BCUT2D eigenvalue weighted by Crippen LogP contribution is 2.32. The molecule has 0 aromatic carbocycles. The van der Waals surface area contributed by atoms with E-state index in [4.69, 9.17) is 0 Å². The van der Waals surface area contributed by atoms with E-state index in [1.807, 2.05) is 0 Å². The van der Waals surface area contributed by atoms with Gasteiger partial charge in [-0.2, -0.15) is 0 Å². The first-order chi connectivity index (χ1) is 8.09. The highest BCUT2D eigenvalue weighted by atomic mass is 127. The largest absolute Gasteiger partial charge is 0.388 e. The van der Waals surface area contributed by atoms with E-state index in [9.17, 15) is 5.11 Å². The van der Waals surface area contributed by atoms with Gasteiger partial charge in [0.2, 0.25) is 0 Å². The molecule has 0 radical (unpaired) electrons. The van der Waals surface area contributed by atoms with Crippen molar-refractivity contribution in [1.29, 1.82) is 0 Å². The summed E-state index contributed by atoms with van der Waals surface area (Å²) in [6.45, 7) is 2.78. The standard InChI is InChI=1S/C12H18IN3O/c1-9-3-2-4-12(17,5-9)7-15-11-10(13)6-14-8-16-11/h6,8-9,17H,2-5,7H2,1H3,(H,14,15,16). The lowest BCUT2D eigenvalue weighted by atomic mass is 9.79. The third-order valence-corrected chi connectivity index (χ3v) is 4.11. The van der Waals surface area contributed by atoms with Crippen LogP contribution in [-0.4, -0.2) is 27.2 Å². The fraction of sp³-hybridized carbons (Fsp3) is 0.667. The Morgan fingerprint density at radius 1 is 1.65 bits per heavy atom. The number of nitrogens with one attached hydrogen (secondary N) is 1. The smallest absolute Gasteiger partial charge is 0.142 e. The molecular weight excluding hydrogens is 329 g/mol. The average molecular weight is 347 g/mol. The van der Waals surface area contributed by atoms with Gasteiger partial charge < -0.3 is 10.4 Å². The lowest BCUT2D eigenvalue weighted by Crippen LogP contribution is -2.41. The fourth-order valence-corrected chi connectivity index (χ4v) is 2.97. The Hall–Kier alpha value is -0.430. The van der Waals surface area contributed by atoms with Gasteiger partial charge >= 0.3 is 0 Å². The van der Waals surface area contributed by atoms with E-state index < -0.39 is 5.60 Å². The summed E-state index contributed by atoms with van der Waals surface area (Å²) in [4.78, 5) is 8.12. The minimum atomic E-state index is -0.578. The van der Waals surface area contributed by atoms with E-state index in [0.717, 1.165) is 28.7 Å². The lowest BCUT2D eigenvalue weighted by molar-refractivity contribution is -0.000840. The highest BCUT2D eigenvalue weighted by molar-refractivity contribution is 14.1. The second-order valence-electron chi connectivity index (χ2n) is 5.00. The van der Waals surface area contributed by atoms with Crippen molar-refractivity contribution in [3.05, 3.63) is 16.1 Å². The summed E-state index contributed by atoms with van der Waals surface area (Å²) in [5, 5.41) is 13.7. The minimum absolute atomic E-state index is 0.574. The van der Waals surface area contributed by atoms with Crippen molar-refractivity contribution in [2.75, 3.05) is 11.9 Å². The number of hydrogen-bond acceptors (Lipinski definition) is 4. The highest BCUT2D eigenvalue weighted by Gasteiger charge is 2.32. The molecule has 0 amide bonds. The third-order valence-electron chi connectivity index (χ3n) is 3.32. The second kappa shape index (κ2) is 5.48. The van der Waals surface area contributed by atoms with E-state index in [0.29, 0.717) is 12.5 Å². The zero-order valence-corrected chi connectivity index (χ0v) is 12.1. The first-order valence-corrected chi connectivity index (χ1v) is 7.09. The number of nitrogens with zero attached hydrogens (tertiary/aromatic N) is 2. The zero-order chi connectivity index (χ0) is 12.3. The summed E-state index contributed by atoms with van der Waals surface area (Å²) in [6, 6.07) is 0. The second-order valence-corrected chi connectivity index (χ2v) is 6.16. The van der Waals surface area contributed by atoms with Crippen LogP contribution in [0.4, 0.5) is 5.82 Å². The summed E-state index contributed by atoms with van der Waals surface area (Å²) in [5.74, 6) is 1.42. The van der Waals surface area contributed by atoms with Crippen molar-refractivity contribution in [2.45, 2.75) is 38.2 Å². The minimum Gasteiger partial charge on any atom is -0.388 e. The molecule has 1 aliphatic rings. The topological polar surface area (TPSA) is 58.0 Å². The van der Waals surface area contributed by atoms with E-state index in [-0.39, 0.29) is 0 Å². The number of halogens is 1. The summed E-state index contributed by atoms with van der Waals surface area (Å²) in [7, 11) is 0. The molecule has 2 atom stereocenters. The van der Waals surface area contributed by atoms with Crippen LogP contribution in [0.2, 0.25) is 0 Å². The van der Waals surface area contributed by atoms with Crippen LogP contribution in [0.25, 0.3) is 0 Å². The van der Waals surface area contributed by atoms with Crippen LogP contribution >= 0.6 is 22.6 Å². The molecule has 1 fully saturated rings. The van der Waals surface area contributed by atoms with E-state index in [1.165, 1.54) is 12.7 Å². The maximum Gasteiger partial charge on any atom is 0.142 e. The summed E-state index contributed by atoms with van der Waals surface area (Å²) < 4.78 is 0.984. The molecule has 2 unspecified atom stereocenters. The van der Waals surface area contributed by atoms with Gasteiger partial charge in [0.05, 0.1) is 9.17 Å². The first-order valence-electron chi connectivity index (χ1n) is 6.01. The molecule has 2 N–H and O–H groups in total. The first kappa shape index (κ1) is 13.0. The molecule has 1 saturated carbocycles. The summed E-state index contributed by atoms with van der Waals surface area (Å²) in [5.41, 5.74) is -0.578. The molecule has 17 heavy (non-hydrogen) atoms. The van der Waals surface area contributed by atoms with Crippen LogP contribution in [0.5, 0.6) is 0 Å². The number of aromatic nitrogens is 2. The molecule has 0 bridgehead atoms. The molecule has 1 aromatic rings. The van der Waals surface area contributed by atoms with Crippen LogP contribution in [0.3, 0.4) is 0 Å². The Morgan fingerprint density at radius 2 is 2.47 bits per heavy atom. The Kier molecular flexibility index (Phi) is 4.19. The van der Waals surface area contributed by atoms with E-state index in [2.05, 4.69) is 44.8 Å². The van der Waals surface area contributed by atoms with Crippen molar-refractivity contribution >= 4 is 28.4 Å².